The van der Waals surface area contributed by atoms with E-state index < -0.39 is 0 Å². The van der Waals surface area contributed by atoms with Crippen LogP contribution in [0, 0.1) is 5.92 Å². The summed E-state index contributed by atoms with van der Waals surface area (Å²) in [4.78, 5) is 9.95. The maximum atomic E-state index is 9.04. The lowest BCUT2D eigenvalue weighted by atomic mass is 10.1. The van der Waals surface area contributed by atoms with Crippen molar-refractivity contribution in [1.82, 2.24) is 9.97 Å². The van der Waals surface area contributed by atoms with Crippen LogP contribution in [0.15, 0.2) is 6.33 Å². The number of nitrogen functional groups attached to an aromatic ring is 1. The number of nitrogens with zero attached hydrogens (tertiary/aromatic N) is 3. The first-order chi connectivity index (χ1) is 7.22. The van der Waals surface area contributed by atoms with E-state index in [2.05, 4.69) is 9.97 Å². The highest BCUT2D eigenvalue weighted by molar-refractivity contribution is 6.32. The van der Waals surface area contributed by atoms with Crippen LogP contribution in [-0.4, -0.2) is 34.8 Å². The fourth-order valence-corrected chi connectivity index (χ4v) is 1.92. The van der Waals surface area contributed by atoms with Crippen LogP contribution < -0.4 is 10.6 Å². The zero-order valence-corrected chi connectivity index (χ0v) is 8.98. The van der Waals surface area contributed by atoms with Crippen molar-refractivity contribution in [3.05, 3.63) is 11.5 Å². The highest BCUT2D eigenvalue weighted by atomic mass is 35.5. The average molecular weight is 229 g/mol. The van der Waals surface area contributed by atoms with Crippen LogP contribution in [0.3, 0.4) is 0 Å². The largest absolute Gasteiger partial charge is 0.396 e. The van der Waals surface area contributed by atoms with Crippen LogP contribution in [0.25, 0.3) is 0 Å². The van der Waals surface area contributed by atoms with Gasteiger partial charge in [-0.1, -0.05) is 11.6 Å². The average Bonchev–Trinajstić information content (AvgIpc) is 2.70. The number of hydrogen-bond donors (Lipinski definition) is 2. The van der Waals surface area contributed by atoms with Crippen molar-refractivity contribution in [3.8, 4) is 0 Å². The van der Waals surface area contributed by atoms with Crippen LogP contribution in [0.4, 0.5) is 11.5 Å². The van der Waals surface area contributed by atoms with E-state index >= 15 is 0 Å². The molecule has 1 atom stereocenters. The number of nitrogens with two attached hydrogens (primary N) is 1. The van der Waals surface area contributed by atoms with Crippen LogP contribution in [0.5, 0.6) is 0 Å². The lowest BCUT2D eigenvalue weighted by Crippen LogP contribution is -2.23. The van der Waals surface area contributed by atoms with E-state index in [9.17, 15) is 0 Å². The Morgan fingerprint density at radius 2 is 2.40 bits per heavy atom. The van der Waals surface area contributed by atoms with Gasteiger partial charge in [0.05, 0.1) is 0 Å². The molecule has 1 aliphatic heterocycles. The second-order valence-corrected chi connectivity index (χ2v) is 4.04. The van der Waals surface area contributed by atoms with Gasteiger partial charge in [-0.25, -0.2) is 9.97 Å². The summed E-state index contributed by atoms with van der Waals surface area (Å²) < 4.78 is 0. The fourth-order valence-electron chi connectivity index (χ4n) is 1.79. The summed E-state index contributed by atoms with van der Waals surface area (Å²) in [6.45, 7) is 1.83. The molecule has 1 saturated heterocycles. The number of hydrogen-bond acceptors (Lipinski definition) is 5. The van der Waals surface area contributed by atoms with Gasteiger partial charge in [0.15, 0.2) is 11.0 Å². The topological polar surface area (TPSA) is 75.3 Å². The molecule has 0 spiro atoms. The molecule has 3 N–H and O–H groups in total. The molecule has 6 heteroatoms. The molecule has 1 aromatic heterocycles. The van der Waals surface area contributed by atoms with Crippen molar-refractivity contribution in [2.75, 3.05) is 30.3 Å². The molecule has 0 saturated carbocycles. The van der Waals surface area contributed by atoms with Crippen LogP contribution in [0.1, 0.15) is 6.42 Å². The quantitative estimate of drug-likeness (QED) is 0.723. The van der Waals surface area contributed by atoms with E-state index in [0.29, 0.717) is 17.4 Å². The van der Waals surface area contributed by atoms with Crippen molar-refractivity contribution < 1.29 is 5.11 Å². The SMILES string of the molecule is Nc1c(Cl)ncnc1N1CCC(CO)C1. The van der Waals surface area contributed by atoms with Crippen molar-refractivity contribution in [2.24, 2.45) is 5.92 Å². The summed E-state index contributed by atoms with van der Waals surface area (Å²) in [6.07, 6.45) is 2.36. The van der Waals surface area contributed by atoms with Gasteiger partial charge in [0.25, 0.3) is 0 Å². The number of rotatable bonds is 2. The Morgan fingerprint density at radius 3 is 3.07 bits per heavy atom. The molecule has 0 aliphatic carbocycles. The van der Waals surface area contributed by atoms with Gasteiger partial charge in [0.1, 0.15) is 12.0 Å². The van der Waals surface area contributed by atoms with Crippen molar-refractivity contribution in [1.29, 1.82) is 0 Å². The summed E-state index contributed by atoms with van der Waals surface area (Å²) in [7, 11) is 0. The van der Waals surface area contributed by atoms with E-state index in [1.807, 2.05) is 4.90 Å². The summed E-state index contributed by atoms with van der Waals surface area (Å²) in [5.41, 5.74) is 6.20. The maximum Gasteiger partial charge on any atom is 0.157 e. The lowest BCUT2D eigenvalue weighted by molar-refractivity contribution is 0.238. The standard InChI is InChI=1S/C9H13ClN4O/c10-8-7(11)9(13-5-12-8)14-2-1-6(3-14)4-15/h5-6,15H,1-4,11H2. The van der Waals surface area contributed by atoms with Gasteiger partial charge in [-0.2, -0.15) is 0 Å². The molecular weight excluding hydrogens is 216 g/mol. The van der Waals surface area contributed by atoms with E-state index in [4.69, 9.17) is 22.4 Å². The van der Waals surface area contributed by atoms with Crippen LogP contribution in [0.2, 0.25) is 5.15 Å². The molecule has 0 bridgehead atoms. The zero-order chi connectivity index (χ0) is 10.8. The number of aromatic nitrogens is 2. The predicted molar refractivity (Wildman–Crippen MR) is 58.9 cm³/mol. The van der Waals surface area contributed by atoms with Crippen molar-refractivity contribution >= 4 is 23.1 Å². The smallest absolute Gasteiger partial charge is 0.157 e. The molecule has 5 nitrogen and oxygen atoms in total. The number of anilines is 2. The third kappa shape index (κ3) is 1.98. The Bertz CT molecular complexity index is 360. The first kappa shape index (κ1) is 10.4. The first-order valence-electron chi connectivity index (χ1n) is 4.84. The monoisotopic (exact) mass is 228 g/mol. The van der Waals surface area contributed by atoms with E-state index in [-0.39, 0.29) is 11.8 Å². The third-order valence-electron chi connectivity index (χ3n) is 2.66. The molecule has 1 aromatic rings. The van der Waals surface area contributed by atoms with Gasteiger partial charge < -0.3 is 15.7 Å². The normalized spacial score (nSPS) is 20.9. The van der Waals surface area contributed by atoms with E-state index in [0.717, 1.165) is 19.5 Å². The second-order valence-electron chi connectivity index (χ2n) is 3.69. The highest BCUT2D eigenvalue weighted by Gasteiger charge is 2.24. The van der Waals surface area contributed by atoms with Crippen molar-refractivity contribution in [3.63, 3.8) is 0 Å². The Hall–Kier alpha value is -1.07. The molecule has 15 heavy (non-hydrogen) atoms. The Labute approximate surface area is 92.9 Å². The predicted octanol–water partition coefficient (Wildman–Crippen LogP) is 0.531. The van der Waals surface area contributed by atoms with Crippen molar-refractivity contribution in [2.45, 2.75) is 6.42 Å². The molecular formula is C9H13ClN4O. The van der Waals surface area contributed by atoms with Gasteiger partial charge in [-0.05, 0) is 6.42 Å². The number of aliphatic hydroxyl groups excluding tert-OH is 1. The number of aliphatic hydroxyl groups is 1. The van der Waals surface area contributed by atoms with Gasteiger partial charge in [-0.15, -0.1) is 0 Å². The van der Waals surface area contributed by atoms with Gasteiger partial charge in [-0.3, -0.25) is 0 Å². The second kappa shape index (κ2) is 4.20. The summed E-state index contributed by atoms with van der Waals surface area (Å²) in [6, 6.07) is 0. The molecule has 0 aromatic carbocycles. The minimum absolute atomic E-state index is 0.204. The third-order valence-corrected chi connectivity index (χ3v) is 2.96. The fraction of sp³-hybridized carbons (Fsp3) is 0.556. The molecule has 1 fully saturated rings. The van der Waals surface area contributed by atoms with Crippen LogP contribution in [-0.2, 0) is 0 Å². The Morgan fingerprint density at radius 1 is 1.60 bits per heavy atom. The van der Waals surface area contributed by atoms with Gasteiger partial charge >= 0.3 is 0 Å². The van der Waals surface area contributed by atoms with E-state index in [1.165, 1.54) is 6.33 Å². The molecule has 2 rings (SSSR count). The number of halogens is 1. The minimum Gasteiger partial charge on any atom is -0.396 e. The molecule has 0 amide bonds. The molecule has 1 unspecified atom stereocenters. The van der Waals surface area contributed by atoms with E-state index in [1.54, 1.807) is 0 Å². The summed E-state index contributed by atoms with van der Waals surface area (Å²) in [5.74, 6) is 0.976. The summed E-state index contributed by atoms with van der Waals surface area (Å²) in [5, 5.41) is 9.32. The molecule has 82 valence electrons. The Kier molecular flexibility index (Phi) is 2.93. The van der Waals surface area contributed by atoms with Crippen LogP contribution >= 0.6 is 11.6 Å². The Balaban J connectivity index is 2.20. The lowest BCUT2D eigenvalue weighted by Gasteiger charge is -2.18. The molecule has 1 aliphatic rings. The molecule has 2 heterocycles. The first-order valence-corrected chi connectivity index (χ1v) is 5.22. The molecule has 0 radical (unpaired) electrons. The van der Waals surface area contributed by atoms with Gasteiger partial charge in [0, 0.05) is 25.6 Å². The van der Waals surface area contributed by atoms with Gasteiger partial charge in [0.2, 0.25) is 0 Å². The zero-order valence-electron chi connectivity index (χ0n) is 8.23. The maximum absolute atomic E-state index is 9.04. The summed E-state index contributed by atoms with van der Waals surface area (Å²) >= 11 is 5.81. The highest BCUT2D eigenvalue weighted by Crippen LogP contribution is 2.29. The minimum atomic E-state index is 0.204.